The van der Waals surface area contributed by atoms with Crippen LogP contribution in [0, 0.1) is 0 Å². The maximum atomic E-state index is 11.8. The van der Waals surface area contributed by atoms with E-state index in [9.17, 15) is 4.79 Å². The lowest BCUT2D eigenvalue weighted by Gasteiger charge is -2.03. The van der Waals surface area contributed by atoms with E-state index in [2.05, 4.69) is 0 Å². The van der Waals surface area contributed by atoms with Crippen molar-refractivity contribution in [2.45, 2.75) is 6.42 Å². The molecule has 0 fully saturated rings. The molecule has 0 aliphatic carbocycles. The third-order valence-corrected chi connectivity index (χ3v) is 2.79. The molecule has 0 atom stereocenters. The van der Waals surface area contributed by atoms with E-state index in [1.54, 1.807) is 0 Å². The van der Waals surface area contributed by atoms with Gasteiger partial charge in [0.1, 0.15) is 5.75 Å². The van der Waals surface area contributed by atoms with Gasteiger partial charge < -0.3 is 4.74 Å². The summed E-state index contributed by atoms with van der Waals surface area (Å²) in [5, 5.41) is 0. The van der Waals surface area contributed by atoms with E-state index in [0.29, 0.717) is 11.3 Å². The van der Waals surface area contributed by atoms with Crippen molar-refractivity contribution in [2.75, 3.05) is 0 Å². The number of para-hydroxylation sites is 1. The average molecular weight is 210 g/mol. The highest BCUT2D eigenvalue weighted by atomic mass is 16.5. The largest absolute Gasteiger partial charge is 0.423 e. The van der Waals surface area contributed by atoms with Gasteiger partial charge in [0.05, 0.1) is 5.56 Å². The Hall–Kier alpha value is -2.09. The topological polar surface area (TPSA) is 26.3 Å². The minimum atomic E-state index is -0.263. The highest BCUT2D eigenvalue weighted by molar-refractivity contribution is 5.93. The zero-order chi connectivity index (χ0) is 11.0. The third kappa shape index (κ3) is 1.39. The molecule has 2 aromatic carbocycles. The molecule has 0 amide bonds. The van der Waals surface area contributed by atoms with E-state index in [0.717, 1.165) is 17.5 Å². The smallest absolute Gasteiger partial charge is 0.343 e. The molecule has 0 unspecified atom stereocenters. The molecule has 1 heterocycles. The van der Waals surface area contributed by atoms with Gasteiger partial charge in [-0.3, -0.25) is 0 Å². The number of carbonyl (C=O) groups is 1. The minimum absolute atomic E-state index is 0.263. The van der Waals surface area contributed by atoms with Crippen LogP contribution in [0.25, 0.3) is 0 Å². The van der Waals surface area contributed by atoms with Crippen molar-refractivity contribution >= 4 is 5.97 Å². The predicted octanol–water partition coefficient (Wildman–Crippen LogP) is 2.81. The van der Waals surface area contributed by atoms with Crippen LogP contribution < -0.4 is 4.74 Å². The second-order valence-corrected chi connectivity index (χ2v) is 3.83. The lowest BCUT2D eigenvalue weighted by Crippen LogP contribution is -2.08. The first-order valence-electron chi connectivity index (χ1n) is 5.22. The van der Waals surface area contributed by atoms with E-state index in [1.807, 2.05) is 48.5 Å². The van der Waals surface area contributed by atoms with Crippen LogP contribution in [0.3, 0.4) is 0 Å². The van der Waals surface area contributed by atoms with Crippen molar-refractivity contribution < 1.29 is 9.53 Å². The Morgan fingerprint density at radius 1 is 0.875 bits per heavy atom. The van der Waals surface area contributed by atoms with Crippen LogP contribution in [-0.2, 0) is 6.42 Å². The molecule has 2 heteroatoms. The summed E-state index contributed by atoms with van der Waals surface area (Å²) >= 11 is 0. The summed E-state index contributed by atoms with van der Waals surface area (Å²) in [6.07, 6.45) is 0.748. The fourth-order valence-electron chi connectivity index (χ4n) is 1.98. The SMILES string of the molecule is O=C1Oc2ccccc2Cc2ccccc21. The van der Waals surface area contributed by atoms with E-state index in [1.165, 1.54) is 0 Å². The molecule has 0 aromatic heterocycles. The molecule has 0 saturated heterocycles. The Balaban J connectivity index is 2.18. The van der Waals surface area contributed by atoms with Crippen molar-refractivity contribution in [1.82, 2.24) is 0 Å². The third-order valence-electron chi connectivity index (χ3n) is 2.79. The van der Waals surface area contributed by atoms with Crippen LogP contribution in [0.4, 0.5) is 0 Å². The number of hydrogen-bond acceptors (Lipinski definition) is 2. The molecule has 0 N–H and O–H groups in total. The second kappa shape index (κ2) is 3.49. The van der Waals surface area contributed by atoms with Crippen LogP contribution in [0.1, 0.15) is 21.5 Å². The van der Waals surface area contributed by atoms with Gasteiger partial charge in [0, 0.05) is 6.42 Å². The lowest BCUT2D eigenvalue weighted by molar-refractivity contribution is 0.0736. The van der Waals surface area contributed by atoms with Crippen LogP contribution >= 0.6 is 0 Å². The monoisotopic (exact) mass is 210 g/mol. The molecule has 3 rings (SSSR count). The highest BCUT2D eigenvalue weighted by Crippen LogP contribution is 2.27. The van der Waals surface area contributed by atoms with Gasteiger partial charge in [-0.15, -0.1) is 0 Å². The number of esters is 1. The van der Waals surface area contributed by atoms with Gasteiger partial charge in [0.25, 0.3) is 0 Å². The Kier molecular flexibility index (Phi) is 2.00. The standard InChI is InChI=1S/C14H10O2/c15-14-12-7-3-1-5-10(12)9-11-6-2-4-8-13(11)16-14/h1-8H,9H2. The Labute approximate surface area is 93.5 Å². The number of carbonyl (C=O) groups excluding carboxylic acids is 1. The Morgan fingerprint density at radius 2 is 1.56 bits per heavy atom. The molecule has 2 nitrogen and oxygen atoms in total. The fourth-order valence-corrected chi connectivity index (χ4v) is 1.98. The number of ether oxygens (including phenoxy) is 1. The number of benzene rings is 2. The van der Waals surface area contributed by atoms with Crippen molar-refractivity contribution in [1.29, 1.82) is 0 Å². The summed E-state index contributed by atoms with van der Waals surface area (Å²) in [5.74, 6) is 0.407. The first-order valence-corrected chi connectivity index (χ1v) is 5.22. The molecule has 0 bridgehead atoms. The number of rotatable bonds is 0. The quantitative estimate of drug-likeness (QED) is 0.493. The summed E-state index contributed by atoms with van der Waals surface area (Å²) in [5.41, 5.74) is 2.75. The van der Waals surface area contributed by atoms with Crippen molar-refractivity contribution in [2.24, 2.45) is 0 Å². The summed E-state index contributed by atoms with van der Waals surface area (Å²) < 4.78 is 5.34. The summed E-state index contributed by atoms with van der Waals surface area (Å²) in [7, 11) is 0. The predicted molar refractivity (Wildman–Crippen MR) is 60.6 cm³/mol. The van der Waals surface area contributed by atoms with E-state index < -0.39 is 0 Å². The fraction of sp³-hybridized carbons (Fsp3) is 0.0714. The van der Waals surface area contributed by atoms with Crippen LogP contribution in [-0.4, -0.2) is 5.97 Å². The zero-order valence-electron chi connectivity index (χ0n) is 8.64. The first kappa shape index (κ1) is 9.16. The highest BCUT2D eigenvalue weighted by Gasteiger charge is 2.19. The molecular formula is C14H10O2. The molecule has 0 saturated carbocycles. The van der Waals surface area contributed by atoms with Crippen LogP contribution in [0.15, 0.2) is 48.5 Å². The van der Waals surface area contributed by atoms with Crippen molar-refractivity contribution in [3.8, 4) is 5.75 Å². The van der Waals surface area contributed by atoms with Crippen LogP contribution in [0.2, 0.25) is 0 Å². The number of fused-ring (bicyclic) bond motifs is 2. The molecule has 0 spiro atoms. The normalized spacial score (nSPS) is 13.4. The molecule has 16 heavy (non-hydrogen) atoms. The van der Waals surface area contributed by atoms with Crippen molar-refractivity contribution in [3.05, 3.63) is 65.2 Å². The maximum Gasteiger partial charge on any atom is 0.343 e. The van der Waals surface area contributed by atoms with Gasteiger partial charge in [0.2, 0.25) is 0 Å². The van der Waals surface area contributed by atoms with E-state index >= 15 is 0 Å². The lowest BCUT2D eigenvalue weighted by atomic mass is 10.0. The Morgan fingerprint density at radius 3 is 2.44 bits per heavy atom. The molecule has 1 aliphatic heterocycles. The van der Waals surface area contributed by atoms with Gasteiger partial charge in [-0.1, -0.05) is 36.4 Å². The Bertz CT molecular complexity index is 558. The minimum Gasteiger partial charge on any atom is -0.423 e. The van der Waals surface area contributed by atoms with Gasteiger partial charge in [-0.05, 0) is 23.3 Å². The van der Waals surface area contributed by atoms with Gasteiger partial charge in [-0.25, -0.2) is 4.79 Å². The molecular weight excluding hydrogens is 200 g/mol. The van der Waals surface area contributed by atoms with Gasteiger partial charge in [0.15, 0.2) is 0 Å². The summed E-state index contributed by atoms with van der Waals surface area (Å²) in [6, 6.07) is 15.2. The summed E-state index contributed by atoms with van der Waals surface area (Å²) in [6.45, 7) is 0. The molecule has 0 radical (unpaired) electrons. The number of hydrogen-bond donors (Lipinski definition) is 0. The zero-order valence-corrected chi connectivity index (χ0v) is 8.64. The molecule has 78 valence electrons. The molecule has 1 aliphatic rings. The average Bonchev–Trinajstić information content (AvgIpc) is 2.45. The maximum absolute atomic E-state index is 11.8. The first-order chi connectivity index (χ1) is 7.84. The van der Waals surface area contributed by atoms with Gasteiger partial charge in [-0.2, -0.15) is 0 Å². The van der Waals surface area contributed by atoms with E-state index in [4.69, 9.17) is 4.74 Å². The van der Waals surface area contributed by atoms with Gasteiger partial charge >= 0.3 is 5.97 Å². The second-order valence-electron chi connectivity index (χ2n) is 3.83. The van der Waals surface area contributed by atoms with Crippen LogP contribution in [0.5, 0.6) is 5.75 Å². The molecule has 2 aromatic rings. The van der Waals surface area contributed by atoms with Crippen molar-refractivity contribution in [3.63, 3.8) is 0 Å². The van der Waals surface area contributed by atoms with E-state index in [-0.39, 0.29) is 5.97 Å². The summed E-state index contributed by atoms with van der Waals surface area (Å²) in [4.78, 5) is 11.8.